The van der Waals surface area contributed by atoms with E-state index in [0.717, 1.165) is 0 Å². The first kappa shape index (κ1) is 13.2. The Kier molecular flexibility index (Phi) is 3.24. The predicted octanol–water partition coefficient (Wildman–Crippen LogP) is -0.132. The third-order valence-corrected chi connectivity index (χ3v) is 2.69. The Morgan fingerprint density at radius 1 is 1.47 bits per heavy atom. The first-order valence-corrected chi connectivity index (χ1v) is 5.41. The number of nitro groups is 1. The maximum Gasteiger partial charge on any atom is 0.342 e. The number of nitrogens with one attached hydrogen (secondary N) is 1. The number of primary sulfonamides is 1. The number of hydrogen-bond acceptors (Lipinski definition) is 5. The van der Waals surface area contributed by atoms with Crippen LogP contribution in [-0.4, -0.2) is 18.3 Å². The average Bonchev–Trinajstić information content (AvgIpc) is 2.14. The van der Waals surface area contributed by atoms with Gasteiger partial charge in [0.1, 0.15) is 10.5 Å². The van der Waals surface area contributed by atoms with Gasteiger partial charge in [-0.25, -0.2) is 32.1 Å². The van der Waals surface area contributed by atoms with E-state index in [-0.39, 0.29) is 6.07 Å². The van der Waals surface area contributed by atoms with Gasteiger partial charge in [-0.2, -0.15) is 0 Å². The molecular weight excluding hydrogens is 264 g/mol. The van der Waals surface area contributed by atoms with Crippen LogP contribution in [0, 0.1) is 10.1 Å². The second-order valence-electron chi connectivity index (χ2n) is 2.86. The van der Waals surface area contributed by atoms with Gasteiger partial charge in [0.2, 0.25) is 10.0 Å². The lowest BCUT2D eigenvalue weighted by Gasteiger charge is -2.04. The first-order valence-electron chi connectivity index (χ1n) is 3.87. The molecule has 11 heteroatoms. The summed E-state index contributed by atoms with van der Waals surface area (Å²) < 4.78 is 46.8. The van der Waals surface area contributed by atoms with Crippen molar-refractivity contribution in [2.24, 2.45) is 5.14 Å². The van der Waals surface area contributed by atoms with Crippen molar-refractivity contribution >= 4 is 15.8 Å². The number of aromatic amines is 1. The van der Waals surface area contributed by atoms with E-state index in [1.54, 1.807) is 0 Å². The van der Waals surface area contributed by atoms with Crippen molar-refractivity contribution in [1.29, 1.82) is 0 Å². The monoisotopic (exact) mass is 269 g/mol. The molecule has 1 aromatic heterocycles. The van der Waals surface area contributed by atoms with Gasteiger partial charge in [-0.1, -0.05) is 0 Å². The van der Waals surface area contributed by atoms with Crippen LogP contribution in [-0.2, 0) is 10.0 Å². The molecule has 0 saturated heterocycles. The minimum absolute atomic E-state index is 0.276. The van der Waals surface area contributed by atoms with Gasteiger partial charge in [0, 0.05) is 0 Å². The second-order valence-corrected chi connectivity index (χ2v) is 4.39. The topological polar surface area (TPSA) is 136 Å². The second kappa shape index (κ2) is 4.18. The maximum absolute atomic E-state index is 12.4. The van der Waals surface area contributed by atoms with Crippen LogP contribution in [0.5, 0.6) is 0 Å². The molecule has 3 N–H and O–H groups in total. The SMILES string of the molecule is NS(=O)(=O)c1cc([N+](=O)[O-])[nH]c(=O)c1C(F)F. The predicted molar refractivity (Wildman–Crippen MR) is 50.0 cm³/mol. The Morgan fingerprint density at radius 3 is 2.35 bits per heavy atom. The lowest BCUT2D eigenvalue weighted by atomic mass is 10.3. The molecule has 0 aromatic carbocycles. The number of aromatic nitrogens is 1. The molecule has 8 nitrogen and oxygen atoms in total. The number of nitrogens with two attached hydrogens (primary N) is 1. The highest BCUT2D eigenvalue weighted by Crippen LogP contribution is 2.24. The molecule has 17 heavy (non-hydrogen) atoms. The van der Waals surface area contributed by atoms with Crippen molar-refractivity contribution in [2.45, 2.75) is 11.3 Å². The van der Waals surface area contributed by atoms with Crippen LogP contribution in [0.25, 0.3) is 0 Å². The van der Waals surface area contributed by atoms with Crippen LogP contribution in [0.4, 0.5) is 14.6 Å². The van der Waals surface area contributed by atoms with E-state index in [1.165, 1.54) is 4.98 Å². The summed E-state index contributed by atoms with van der Waals surface area (Å²) in [6.07, 6.45) is -3.42. The number of H-pyrrole nitrogens is 1. The lowest BCUT2D eigenvalue weighted by Crippen LogP contribution is -2.23. The van der Waals surface area contributed by atoms with Crippen LogP contribution in [0.3, 0.4) is 0 Å². The lowest BCUT2D eigenvalue weighted by molar-refractivity contribution is -0.389. The Hall–Kier alpha value is -1.88. The molecule has 0 fully saturated rings. The molecule has 0 aliphatic rings. The quantitative estimate of drug-likeness (QED) is 0.581. The number of nitrogens with zero attached hydrogens (tertiary/aromatic N) is 1. The molecule has 0 bridgehead atoms. The number of alkyl halides is 2. The fraction of sp³-hybridized carbons (Fsp3) is 0.167. The zero-order valence-corrected chi connectivity index (χ0v) is 8.70. The van der Waals surface area contributed by atoms with Gasteiger partial charge < -0.3 is 10.1 Å². The zero-order chi connectivity index (χ0) is 13.4. The molecule has 0 saturated carbocycles. The molecule has 1 rings (SSSR count). The Balaban J connectivity index is 3.76. The smallest absolute Gasteiger partial charge is 0.342 e. The minimum Gasteiger partial charge on any atom is -0.358 e. The molecule has 0 amide bonds. The summed E-state index contributed by atoms with van der Waals surface area (Å²) in [7, 11) is -4.66. The van der Waals surface area contributed by atoms with Gasteiger partial charge in [-0.15, -0.1) is 0 Å². The molecule has 0 aliphatic heterocycles. The molecule has 1 heterocycles. The van der Waals surface area contributed by atoms with E-state index in [9.17, 15) is 32.1 Å². The van der Waals surface area contributed by atoms with Crippen molar-refractivity contribution in [3.8, 4) is 0 Å². The third kappa shape index (κ3) is 2.62. The summed E-state index contributed by atoms with van der Waals surface area (Å²) in [6, 6.07) is 0.276. The number of rotatable bonds is 3. The van der Waals surface area contributed by atoms with Gasteiger partial charge in [0.05, 0.1) is 6.07 Å². The van der Waals surface area contributed by atoms with E-state index in [4.69, 9.17) is 0 Å². The average molecular weight is 269 g/mol. The van der Waals surface area contributed by atoms with Crippen LogP contribution in [0.1, 0.15) is 12.0 Å². The highest BCUT2D eigenvalue weighted by Gasteiger charge is 2.28. The standard InChI is InChI=1S/C6H5F2N3O5S/c7-5(8)4-2(17(9,15)16)1-3(11(13)14)10-6(4)12/h1,5H,(H,10,12)(H2,9,15,16). The van der Waals surface area contributed by atoms with Gasteiger partial charge in [-0.3, -0.25) is 0 Å². The van der Waals surface area contributed by atoms with Crippen molar-refractivity contribution in [1.82, 2.24) is 4.98 Å². The highest BCUT2D eigenvalue weighted by atomic mass is 32.2. The summed E-state index contributed by atoms with van der Waals surface area (Å²) in [5.74, 6) is -1.04. The zero-order valence-electron chi connectivity index (χ0n) is 7.88. The summed E-state index contributed by atoms with van der Waals surface area (Å²) in [5.41, 5.74) is -2.99. The van der Waals surface area contributed by atoms with Crippen molar-refractivity contribution in [3.63, 3.8) is 0 Å². The van der Waals surface area contributed by atoms with Crippen molar-refractivity contribution < 1.29 is 22.1 Å². The number of halogens is 2. The maximum atomic E-state index is 12.4. The fourth-order valence-corrected chi connectivity index (χ4v) is 1.84. The summed E-state index contributed by atoms with van der Waals surface area (Å²) >= 11 is 0. The highest BCUT2D eigenvalue weighted by molar-refractivity contribution is 7.89. The first-order chi connectivity index (χ1) is 7.64. The van der Waals surface area contributed by atoms with Gasteiger partial charge in [0.15, 0.2) is 0 Å². The number of hydrogen-bond donors (Lipinski definition) is 2. The molecule has 0 spiro atoms. The summed E-state index contributed by atoms with van der Waals surface area (Å²) in [6.45, 7) is 0. The molecule has 0 radical (unpaired) electrons. The van der Waals surface area contributed by atoms with E-state index in [2.05, 4.69) is 5.14 Å². The molecule has 94 valence electrons. The van der Waals surface area contributed by atoms with Crippen LogP contribution < -0.4 is 10.7 Å². The van der Waals surface area contributed by atoms with Crippen LogP contribution >= 0.6 is 0 Å². The fourth-order valence-electron chi connectivity index (χ4n) is 1.07. The number of pyridine rings is 1. The van der Waals surface area contributed by atoms with E-state index < -0.39 is 43.2 Å². The summed E-state index contributed by atoms with van der Waals surface area (Å²) in [4.78, 5) is 20.5. The Bertz CT molecular complexity index is 623. The Morgan fingerprint density at radius 2 is 2.00 bits per heavy atom. The molecular formula is C6H5F2N3O5S. The number of sulfonamides is 1. The van der Waals surface area contributed by atoms with E-state index >= 15 is 0 Å². The minimum atomic E-state index is -4.66. The van der Waals surface area contributed by atoms with Crippen LogP contribution in [0.2, 0.25) is 0 Å². The third-order valence-electron chi connectivity index (χ3n) is 1.74. The van der Waals surface area contributed by atoms with Crippen molar-refractivity contribution in [3.05, 3.63) is 32.1 Å². The van der Waals surface area contributed by atoms with Gasteiger partial charge in [-0.05, 0) is 4.92 Å². The van der Waals surface area contributed by atoms with E-state index in [1.807, 2.05) is 0 Å². The van der Waals surface area contributed by atoms with Gasteiger partial charge in [0.25, 0.3) is 6.43 Å². The molecule has 0 aliphatic carbocycles. The Labute approximate surface area is 92.3 Å². The summed E-state index contributed by atoms with van der Waals surface area (Å²) in [5, 5.41) is 14.9. The molecule has 1 aromatic rings. The largest absolute Gasteiger partial charge is 0.358 e. The molecule has 0 atom stereocenters. The van der Waals surface area contributed by atoms with Crippen molar-refractivity contribution in [2.75, 3.05) is 0 Å². The van der Waals surface area contributed by atoms with Gasteiger partial charge >= 0.3 is 11.4 Å². The normalized spacial score (nSPS) is 11.8. The van der Waals surface area contributed by atoms with E-state index in [0.29, 0.717) is 0 Å². The molecule has 0 unspecified atom stereocenters. The van der Waals surface area contributed by atoms with Crippen LogP contribution in [0.15, 0.2) is 15.8 Å².